The lowest BCUT2D eigenvalue weighted by Gasteiger charge is -2.12. The number of hydrogen-bond acceptors (Lipinski definition) is 5. The summed E-state index contributed by atoms with van der Waals surface area (Å²) in [4.78, 5) is 26.9. The highest BCUT2D eigenvalue weighted by Crippen LogP contribution is 2.40. The van der Waals surface area contributed by atoms with Crippen LogP contribution in [-0.4, -0.2) is 24.8 Å². The van der Waals surface area contributed by atoms with Gasteiger partial charge in [0, 0.05) is 32.6 Å². The molecule has 4 aromatic rings. The Kier molecular flexibility index (Phi) is 7.39. The van der Waals surface area contributed by atoms with Gasteiger partial charge in [-0.05, 0) is 82.4 Å². The van der Waals surface area contributed by atoms with Crippen molar-refractivity contribution >= 4 is 54.7 Å². The molecule has 0 bridgehead atoms. The maximum atomic E-state index is 12.9. The number of benzene rings is 3. The Bertz CT molecular complexity index is 1450. The van der Waals surface area contributed by atoms with E-state index in [2.05, 4.69) is 33.4 Å². The monoisotopic (exact) mass is 562 g/mol. The number of carbonyl (C=O) groups is 2. The lowest BCUT2D eigenvalue weighted by Crippen LogP contribution is -2.30. The molecule has 7 heteroatoms. The molecule has 3 N–H and O–H groups in total. The molecule has 184 valence electrons. The van der Waals surface area contributed by atoms with Crippen molar-refractivity contribution in [3.63, 3.8) is 0 Å². The Labute approximate surface area is 222 Å². The van der Waals surface area contributed by atoms with Gasteiger partial charge in [-0.15, -0.1) is 11.3 Å². The maximum absolute atomic E-state index is 12.9. The van der Waals surface area contributed by atoms with Crippen molar-refractivity contribution in [2.24, 2.45) is 0 Å². The number of thiophene rings is 1. The van der Waals surface area contributed by atoms with Crippen LogP contribution in [0.2, 0.25) is 0 Å². The summed E-state index contributed by atoms with van der Waals surface area (Å²) >= 11 is 5.18. The van der Waals surface area contributed by atoms with Crippen LogP contribution < -0.4 is 15.8 Å². The first-order valence-electron chi connectivity index (χ1n) is 12.1. The standard InChI is InChI=1S/C29H27BrN2O3S/c30-23-13-12-19(16-24(23)31)25(33)17-32-29(34)20-7-2-1-6-18(20)14-15-35-26-10-5-9-22-21-8-3-4-11-27(21)36-28(22)26/h1-2,5-7,9-10,12-13,16H,3-4,8,11,14-15,17,31H2,(H,32,34). The number of carbonyl (C=O) groups excluding carboxylic acids is 2. The highest BCUT2D eigenvalue weighted by Gasteiger charge is 2.18. The van der Waals surface area contributed by atoms with E-state index < -0.39 is 0 Å². The van der Waals surface area contributed by atoms with Crippen molar-refractivity contribution in [2.75, 3.05) is 18.9 Å². The van der Waals surface area contributed by atoms with Crippen molar-refractivity contribution in [3.8, 4) is 5.75 Å². The van der Waals surface area contributed by atoms with Crippen molar-refractivity contribution < 1.29 is 14.3 Å². The molecule has 36 heavy (non-hydrogen) atoms. The number of aryl methyl sites for hydroxylation is 2. The molecule has 0 fully saturated rings. The molecule has 0 aliphatic heterocycles. The molecule has 0 saturated carbocycles. The van der Waals surface area contributed by atoms with E-state index in [0.29, 0.717) is 29.8 Å². The van der Waals surface area contributed by atoms with Crippen molar-refractivity contribution in [1.29, 1.82) is 0 Å². The van der Waals surface area contributed by atoms with Crippen LogP contribution in [0.1, 0.15) is 49.6 Å². The molecule has 1 amide bonds. The summed E-state index contributed by atoms with van der Waals surface area (Å²) in [7, 11) is 0. The Morgan fingerprint density at radius 1 is 1.03 bits per heavy atom. The fraction of sp³-hybridized carbons (Fsp3) is 0.241. The van der Waals surface area contributed by atoms with Gasteiger partial charge < -0.3 is 15.8 Å². The van der Waals surface area contributed by atoms with E-state index in [0.717, 1.165) is 28.6 Å². The second-order valence-corrected chi connectivity index (χ2v) is 10.9. The molecule has 0 radical (unpaired) electrons. The van der Waals surface area contributed by atoms with Gasteiger partial charge in [0.05, 0.1) is 17.9 Å². The van der Waals surface area contributed by atoms with Crippen molar-refractivity contribution in [1.82, 2.24) is 5.32 Å². The summed E-state index contributed by atoms with van der Waals surface area (Å²) in [6.45, 7) is 0.360. The van der Waals surface area contributed by atoms with Crippen molar-refractivity contribution in [3.05, 3.63) is 92.3 Å². The fourth-order valence-electron chi connectivity index (χ4n) is 4.68. The zero-order valence-corrected chi connectivity index (χ0v) is 22.2. The lowest BCUT2D eigenvalue weighted by molar-refractivity contribution is 0.0903. The molecule has 0 saturated heterocycles. The Morgan fingerprint density at radius 2 is 1.86 bits per heavy atom. The lowest BCUT2D eigenvalue weighted by atomic mass is 9.96. The van der Waals surface area contributed by atoms with Crippen LogP contribution in [0.25, 0.3) is 10.1 Å². The first-order chi connectivity index (χ1) is 17.5. The molecule has 0 atom stereocenters. The van der Waals surface area contributed by atoms with Crippen molar-refractivity contribution in [2.45, 2.75) is 32.1 Å². The molecule has 0 spiro atoms. The van der Waals surface area contributed by atoms with Gasteiger partial charge in [0.25, 0.3) is 5.91 Å². The largest absolute Gasteiger partial charge is 0.492 e. The van der Waals surface area contributed by atoms with E-state index in [1.54, 1.807) is 24.3 Å². The molecule has 5 nitrogen and oxygen atoms in total. The van der Waals surface area contributed by atoms with Gasteiger partial charge >= 0.3 is 0 Å². The van der Waals surface area contributed by atoms with Crippen LogP contribution >= 0.6 is 27.3 Å². The van der Waals surface area contributed by atoms with Crippen LogP contribution in [0.15, 0.2) is 65.1 Å². The van der Waals surface area contributed by atoms with Crippen LogP contribution in [0, 0.1) is 0 Å². The van der Waals surface area contributed by atoms with E-state index in [9.17, 15) is 9.59 Å². The number of nitrogens with one attached hydrogen (secondary N) is 1. The molecule has 3 aromatic carbocycles. The molecule has 1 heterocycles. The van der Waals surface area contributed by atoms with Gasteiger partial charge in [-0.1, -0.05) is 36.4 Å². The number of anilines is 1. The van der Waals surface area contributed by atoms with Gasteiger partial charge in [-0.2, -0.15) is 0 Å². The maximum Gasteiger partial charge on any atom is 0.251 e. The predicted octanol–water partition coefficient (Wildman–Crippen LogP) is 6.36. The molecular formula is C29H27BrN2O3S. The summed E-state index contributed by atoms with van der Waals surface area (Å²) in [5.74, 6) is 0.431. The van der Waals surface area contributed by atoms with Crippen LogP contribution in [0.4, 0.5) is 5.69 Å². The Morgan fingerprint density at radius 3 is 2.72 bits per heavy atom. The highest BCUT2D eigenvalue weighted by molar-refractivity contribution is 9.10. The topological polar surface area (TPSA) is 81.4 Å². The smallest absolute Gasteiger partial charge is 0.251 e. The number of ether oxygens (including phenoxy) is 1. The quantitative estimate of drug-likeness (QED) is 0.193. The van der Waals surface area contributed by atoms with Crippen LogP contribution in [-0.2, 0) is 19.3 Å². The number of amides is 1. The highest BCUT2D eigenvalue weighted by atomic mass is 79.9. The summed E-state index contributed by atoms with van der Waals surface area (Å²) in [6.07, 6.45) is 5.42. The zero-order chi connectivity index (χ0) is 25.1. The minimum atomic E-state index is -0.280. The minimum absolute atomic E-state index is 0.101. The van der Waals surface area contributed by atoms with Gasteiger partial charge in [0.2, 0.25) is 0 Å². The van der Waals surface area contributed by atoms with Gasteiger partial charge in [-0.25, -0.2) is 0 Å². The second-order valence-electron chi connectivity index (χ2n) is 8.94. The summed E-state index contributed by atoms with van der Waals surface area (Å²) in [6, 6.07) is 18.8. The summed E-state index contributed by atoms with van der Waals surface area (Å²) < 4.78 is 8.18. The van der Waals surface area contributed by atoms with Crippen LogP contribution in [0.5, 0.6) is 5.75 Å². The SMILES string of the molecule is Nc1cc(C(=O)CNC(=O)c2ccccc2CCOc2cccc3c4c(sc23)CCCC4)ccc1Br. The minimum Gasteiger partial charge on any atom is -0.492 e. The molecular weight excluding hydrogens is 536 g/mol. The number of hydrogen-bond donors (Lipinski definition) is 2. The van der Waals surface area contributed by atoms with Crippen LogP contribution in [0.3, 0.4) is 0 Å². The van der Waals surface area contributed by atoms with E-state index in [-0.39, 0.29) is 18.2 Å². The Hall–Kier alpha value is -3.16. The number of nitrogen functional groups attached to an aromatic ring is 1. The second kappa shape index (κ2) is 10.8. The number of ketones is 1. The van der Waals surface area contributed by atoms with Gasteiger partial charge in [-0.3, -0.25) is 9.59 Å². The van der Waals surface area contributed by atoms with E-state index in [1.807, 2.05) is 35.6 Å². The average Bonchev–Trinajstić information content (AvgIpc) is 3.28. The molecule has 5 rings (SSSR count). The third-order valence-electron chi connectivity index (χ3n) is 6.56. The van der Waals surface area contributed by atoms with Gasteiger partial charge in [0.15, 0.2) is 5.78 Å². The predicted molar refractivity (Wildman–Crippen MR) is 149 cm³/mol. The number of fused-ring (bicyclic) bond motifs is 3. The number of nitrogens with two attached hydrogens (primary N) is 1. The van der Waals surface area contributed by atoms with E-state index >= 15 is 0 Å². The average molecular weight is 564 g/mol. The zero-order valence-electron chi connectivity index (χ0n) is 19.8. The first kappa shape index (κ1) is 24.5. The summed E-state index contributed by atoms with van der Waals surface area (Å²) in [5, 5.41) is 4.07. The normalized spacial score (nSPS) is 12.8. The molecule has 1 aromatic heterocycles. The van der Waals surface area contributed by atoms with Gasteiger partial charge in [0.1, 0.15) is 5.75 Å². The summed E-state index contributed by atoms with van der Waals surface area (Å²) in [5.41, 5.74) is 9.74. The number of halogens is 1. The Balaban J connectivity index is 1.23. The van der Waals surface area contributed by atoms with E-state index in [1.165, 1.54) is 33.4 Å². The molecule has 0 unspecified atom stereocenters. The first-order valence-corrected chi connectivity index (χ1v) is 13.7. The number of Topliss-reactive ketones (excluding diaryl/α,β-unsaturated/α-hetero) is 1. The molecule has 1 aliphatic rings. The van der Waals surface area contributed by atoms with E-state index in [4.69, 9.17) is 10.5 Å². The third kappa shape index (κ3) is 5.18. The third-order valence-corrected chi connectivity index (χ3v) is 8.61. The number of rotatable bonds is 8. The molecule has 1 aliphatic carbocycles. The fourth-order valence-corrected chi connectivity index (χ4v) is 6.28.